The molecule has 0 aliphatic carbocycles. The standard InChI is InChI=1S/C18H21ClN6O/c1-12-10-15(26)25-16(13-4-3-5-14(19)11-13)21-17(22-18(25)20-12)24-8-6-23(2)7-9-24/h3-5,10-11,16H,6-9H2,1-2H3,(H,20,21,22). The average Bonchev–Trinajstić information content (AvgIpc) is 2.61. The first-order valence-electron chi connectivity index (χ1n) is 8.65. The third-order valence-corrected chi connectivity index (χ3v) is 4.98. The molecule has 4 rings (SSSR count). The zero-order chi connectivity index (χ0) is 18.3. The number of nitrogens with one attached hydrogen (secondary N) is 1. The highest BCUT2D eigenvalue weighted by molar-refractivity contribution is 6.30. The van der Waals surface area contributed by atoms with Gasteiger partial charge in [-0.1, -0.05) is 23.7 Å². The van der Waals surface area contributed by atoms with Crippen LogP contribution in [0.5, 0.6) is 0 Å². The fourth-order valence-corrected chi connectivity index (χ4v) is 3.50. The Hall–Kier alpha value is -2.38. The lowest BCUT2D eigenvalue weighted by molar-refractivity contribution is 0.213. The maximum atomic E-state index is 12.6. The number of benzene rings is 1. The summed E-state index contributed by atoms with van der Waals surface area (Å²) in [6.45, 7) is 5.51. The second-order valence-electron chi connectivity index (χ2n) is 6.73. The van der Waals surface area contributed by atoms with E-state index in [1.807, 2.05) is 31.2 Å². The molecule has 1 aromatic heterocycles. The van der Waals surface area contributed by atoms with Gasteiger partial charge in [0.05, 0.1) is 0 Å². The summed E-state index contributed by atoms with van der Waals surface area (Å²) in [5.41, 5.74) is 1.41. The van der Waals surface area contributed by atoms with E-state index >= 15 is 0 Å². The molecular weight excluding hydrogens is 352 g/mol. The van der Waals surface area contributed by atoms with Gasteiger partial charge in [-0.25, -0.2) is 9.98 Å². The Morgan fingerprint density at radius 2 is 1.96 bits per heavy atom. The van der Waals surface area contributed by atoms with Gasteiger partial charge in [0.15, 0.2) is 6.17 Å². The first-order chi connectivity index (χ1) is 12.5. The molecular formula is C18H21ClN6O. The van der Waals surface area contributed by atoms with Gasteiger partial charge in [0.1, 0.15) is 0 Å². The minimum Gasteiger partial charge on any atom is -0.340 e. The Morgan fingerprint density at radius 3 is 2.69 bits per heavy atom. The second-order valence-corrected chi connectivity index (χ2v) is 7.16. The molecule has 0 saturated carbocycles. The summed E-state index contributed by atoms with van der Waals surface area (Å²) in [4.78, 5) is 26.5. The van der Waals surface area contributed by atoms with E-state index in [2.05, 4.69) is 27.1 Å². The molecule has 8 heteroatoms. The van der Waals surface area contributed by atoms with E-state index in [0.717, 1.165) is 37.7 Å². The molecule has 3 heterocycles. The molecule has 26 heavy (non-hydrogen) atoms. The van der Waals surface area contributed by atoms with Crippen LogP contribution < -0.4 is 10.9 Å². The van der Waals surface area contributed by atoms with Crippen LogP contribution in [0.2, 0.25) is 5.02 Å². The summed E-state index contributed by atoms with van der Waals surface area (Å²) < 4.78 is 1.58. The molecule has 1 fully saturated rings. The number of halogens is 1. The number of aromatic nitrogens is 2. The van der Waals surface area contributed by atoms with E-state index in [1.165, 1.54) is 6.07 Å². The maximum Gasteiger partial charge on any atom is 0.257 e. The Kier molecular flexibility index (Phi) is 4.42. The number of fused-ring (bicyclic) bond motifs is 1. The Labute approximate surface area is 156 Å². The normalized spacial score (nSPS) is 20.3. The number of likely N-dealkylation sites (N-methyl/N-ethyl adjacent to an activating group) is 1. The van der Waals surface area contributed by atoms with Gasteiger partial charge in [0.2, 0.25) is 11.9 Å². The Morgan fingerprint density at radius 1 is 1.19 bits per heavy atom. The second kappa shape index (κ2) is 6.74. The number of piperazine rings is 1. The zero-order valence-corrected chi connectivity index (χ0v) is 15.6. The van der Waals surface area contributed by atoms with Crippen LogP contribution in [-0.2, 0) is 0 Å². The molecule has 136 valence electrons. The summed E-state index contributed by atoms with van der Waals surface area (Å²) in [5.74, 6) is 1.27. The van der Waals surface area contributed by atoms with E-state index < -0.39 is 6.17 Å². The SMILES string of the molecule is Cc1cc(=O)n2c(n1)NC(N1CCN(C)CC1)=NC2c1cccc(Cl)c1. The van der Waals surface area contributed by atoms with Crippen molar-refractivity contribution in [2.24, 2.45) is 4.99 Å². The van der Waals surface area contributed by atoms with Crippen molar-refractivity contribution in [2.75, 3.05) is 38.5 Å². The van der Waals surface area contributed by atoms with E-state index in [-0.39, 0.29) is 5.56 Å². The number of guanidine groups is 1. The first-order valence-corrected chi connectivity index (χ1v) is 9.03. The molecule has 1 saturated heterocycles. The van der Waals surface area contributed by atoms with Crippen molar-refractivity contribution in [1.82, 2.24) is 19.4 Å². The minimum absolute atomic E-state index is 0.133. The highest BCUT2D eigenvalue weighted by Crippen LogP contribution is 2.27. The maximum absolute atomic E-state index is 12.6. The lowest BCUT2D eigenvalue weighted by Crippen LogP contribution is -2.51. The minimum atomic E-state index is -0.486. The van der Waals surface area contributed by atoms with Gasteiger partial charge in [0, 0.05) is 43.0 Å². The van der Waals surface area contributed by atoms with Crippen molar-refractivity contribution in [3.8, 4) is 0 Å². The predicted molar refractivity (Wildman–Crippen MR) is 103 cm³/mol. The molecule has 2 aromatic rings. The van der Waals surface area contributed by atoms with Gasteiger partial charge < -0.3 is 9.80 Å². The van der Waals surface area contributed by atoms with E-state index in [9.17, 15) is 4.79 Å². The molecule has 0 radical (unpaired) electrons. The van der Waals surface area contributed by atoms with Gasteiger partial charge in [0.25, 0.3) is 5.56 Å². The molecule has 2 aliphatic rings. The van der Waals surface area contributed by atoms with Crippen LogP contribution >= 0.6 is 11.6 Å². The molecule has 1 N–H and O–H groups in total. The van der Waals surface area contributed by atoms with Crippen molar-refractivity contribution >= 4 is 23.5 Å². The van der Waals surface area contributed by atoms with Crippen LogP contribution in [0.15, 0.2) is 40.1 Å². The van der Waals surface area contributed by atoms with Crippen molar-refractivity contribution in [3.05, 3.63) is 57.0 Å². The van der Waals surface area contributed by atoms with E-state index in [1.54, 1.807) is 4.57 Å². The Balaban J connectivity index is 1.80. The first kappa shape index (κ1) is 17.1. The summed E-state index contributed by atoms with van der Waals surface area (Å²) in [5, 5.41) is 3.87. The van der Waals surface area contributed by atoms with Gasteiger partial charge >= 0.3 is 0 Å². The molecule has 1 unspecified atom stereocenters. The number of nitrogens with zero attached hydrogens (tertiary/aromatic N) is 5. The largest absolute Gasteiger partial charge is 0.340 e. The van der Waals surface area contributed by atoms with E-state index in [0.29, 0.717) is 16.7 Å². The topological polar surface area (TPSA) is 65.8 Å². The molecule has 0 spiro atoms. The number of hydrogen-bond acceptors (Lipinski definition) is 6. The average molecular weight is 373 g/mol. The van der Waals surface area contributed by atoms with E-state index in [4.69, 9.17) is 16.6 Å². The van der Waals surface area contributed by atoms with Crippen LogP contribution in [0.25, 0.3) is 0 Å². The smallest absolute Gasteiger partial charge is 0.257 e. The lowest BCUT2D eigenvalue weighted by Gasteiger charge is -2.37. The van der Waals surface area contributed by atoms with Crippen LogP contribution in [0.4, 0.5) is 5.95 Å². The van der Waals surface area contributed by atoms with Crippen LogP contribution in [0.1, 0.15) is 17.4 Å². The molecule has 7 nitrogen and oxygen atoms in total. The number of rotatable bonds is 1. The summed E-state index contributed by atoms with van der Waals surface area (Å²) in [6, 6.07) is 8.99. The third kappa shape index (κ3) is 3.20. The molecule has 1 aromatic carbocycles. The van der Waals surface area contributed by atoms with Gasteiger partial charge in [-0.2, -0.15) is 0 Å². The van der Waals surface area contributed by atoms with Crippen LogP contribution in [0.3, 0.4) is 0 Å². The quantitative estimate of drug-likeness (QED) is 0.826. The van der Waals surface area contributed by atoms with Crippen molar-refractivity contribution < 1.29 is 0 Å². The van der Waals surface area contributed by atoms with Crippen LogP contribution in [-0.4, -0.2) is 58.5 Å². The highest BCUT2D eigenvalue weighted by Gasteiger charge is 2.28. The highest BCUT2D eigenvalue weighted by atomic mass is 35.5. The third-order valence-electron chi connectivity index (χ3n) is 4.74. The zero-order valence-electron chi connectivity index (χ0n) is 14.8. The van der Waals surface area contributed by atoms with Gasteiger partial charge in [-0.05, 0) is 31.7 Å². The fourth-order valence-electron chi connectivity index (χ4n) is 3.31. The van der Waals surface area contributed by atoms with Crippen LogP contribution in [0, 0.1) is 6.92 Å². The van der Waals surface area contributed by atoms with Gasteiger partial charge in [-0.3, -0.25) is 14.7 Å². The summed E-state index contributed by atoms with van der Waals surface area (Å²) in [6.07, 6.45) is -0.486. The molecule has 1 atom stereocenters. The lowest BCUT2D eigenvalue weighted by atomic mass is 10.1. The van der Waals surface area contributed by atoms with Crippen molar-refractivity contribution in [2.45, 2.75) is 13.1 Å². The number of anilines is 1. The van der Waals surface area contributed by atoms with Gasteiger partial charge in [-0.15, -0.1) is 0 Å². The molecule has 2 aliphatic heterocycles. The molecule has 0 bridgehead atoms. The van der Waals surface area contributed by atoms with Crippen molar-refractivity contribution in [3.63, 3.8) is 0 Å². The number of aryl methyl sites for hydroxylation is 1. The predicted octanol–water partition coefficient (Wildman–Crippen LogP) is 1.78. The Bertz CT molecular complexity index is 916. The number of hydrogen-bond donors (Lipinski definition) is 1. The molecule has 0 amide bonds. The number of aliphatic imine (C=N–C) groups is 1. The summed E-state index contributed by atoms with van der Waals surface area (Å²) in [7, 11) is 2.11. The monoisotopic (exact) mass is 372 g/mol. The summed E-state index contributed by atoms with van der Waals surface area (Å²) >= 11 is 6.17. The fraction of sp³-hybridized carbons (Fsp3) is 0.389. The van der Waals surface area contributed by atoms with Crippen molar-refractivity contribution in [1.29, 1.82) is 0 Å².